The molecule has 0 atom stereocenters. The number of carbonyl (C=O) groups is 3. The first-order valence-electron chi connectivity index (χ1n) is 7.57. The molecule has 0 aliphatic rings. The lowest BCUT2D eigenvalue weighted by molar-refractivity contribution is 0.0632. The fraction of sp³-hybridized carbons (Fsp3) is 0.400. The highest BCUT2D eigenvalue weighted by Gasteiger charge is 2.20. The highest BCUT2D eigenvalue weighted by Crippen LogP contribution is 2.13. The van der Waals surface area contributed by atoms with E-state index in [1.807, 2.05) is 0 Å². The first-order chi connectivity index (χ1) is 12.0. The van der Waals surface area contributed by atoms with E-state index in [9.17, 15) is 14.4 Å². The maximum Gasteiger partial charge on any atom is 0.413 e. The lowest BCUT2D eigenvalue weighted by atomic mass is 10.2. The van der Waals surface area contributed by atoms with Crippen LogP contribution in [-0.2, 0) is 18.8 Å². The number of nitrogens with zero attached hydrogens (tertiary/aromatic N) is 4. The van der Waals surface area contributed by atoms with Gasteiger partial charge in [-0.2, -0.15) is 0 Å². The van der Waals surface area contributed by atoms with Gasteiger partial charge in [-0.25, -0.2) is 19.6 Å². The Bertz CT molecular complexity index is 860. The van der Waals surface area contributed by atoms with Crippen LogP contribution in [0.25, 0.3) is 0 Å². The van der Waals surface area contributed by atoms with Crippen LogP contribution in [0, 0.1) is 0 Å². The molecule has 3 N–H and O–H groups in total. The van der Waals surface area contributed by atoms with E-state index in [4.69, 9.17) is 9.84 Å². The largest absolute Gasteiger partial charge is 0.475 e. The molecule has 0 fully saturated rings. The summed E-state index contributed by atoms with van der Waals surface area (Å²) in [5.41, 5.74) is -0.667. The van der Waals surface area contributed by atoms with Gasteiger partial charge in [0.25, 0.3) is 5.91 Å². The summed E-state index contributed by atoms with van der Waals surface area (Å²) in [6.07, 6.45) is 2.11. The van der Waals surface area contributed by atoms with Crippen LogP contribution in [0.2, 0.25) is 0 Å². The van der Waals surface area contributed by atoms with Crippen molar-refractivity contribution >= 4 is 29.6 Å². The zero-order valence-electron chi connectivity index (χ0n) is 15.0. The smallest absolute Gasteiger partial charge is 0.413 e. The molecule has 0 aliphatic heterocycles. The zero-order valence-corrected chi connectivity index (χ0v) is 15.0. The molecule has 26 heavy (non-hydrogen) atoms. The molecular weight excluding hydrogens is 344 g/mol. The van der Waals surface area contributed by atoms with Crippen molar-refractivity contribution in [2.24, 2.45) is 14.1 Å². The molecule has 0 saturated carbocycles. The number of carbonyl (C=O) groups excluding carboxylic acids is 2. The van der Waals surface area contributed by atoms with Crippen LogP contribution in [0.4, 0.5) is 16.4 Å². The van der Waals surface area contributed by atoms with Gasteiger partial charge in [0, 0.05) is 26.5 Å². The minimum absolute atomic E-state index is 0.00131. The minimum atomic E-state index is -1.21. The molecule has 2 aromatic heterocycles. The number of carboxylic acids is 1. The predicted molar refractivity (Wildman–Crippen MR) is 91.2 cm³/mol. The van der Waals surface area contributed by atoms with Gasteiger partial charge in [-0.1, -0.05) is 0 Å². The van der Waals surface area contributed by atoms with Crippen LogP contribution < -0.4 is 10.6 Å². The van der Waals surface area contributed by atoms with Gasteiger partial charge >= 0.3 is 12.1 Å². The van der Waals surface area contributed by atoms with Gasteiger partial charge in [0.15, 0.2) is 11.6 Å². The number of imidazole rings is 2. The summed E-state index contributed by atoms with van der Waals surface area (Å²) >= 11 is 0. The van der Waals surface area contributed by atoms with Crippen LogP contribution in [-0.4, -0.2) is 47.8 Å². The third-order valence-corrected chi connectivity index (χ3v) is 3.02. The molecule has 0 aromatic carbocycles. The number of ether oxygens (including phenoxy) is 1. The van der Waals surface area contributed by atoms with Crippen molar-refractivity contribution in [1.29, 1.82) is 0 Å². The van der Waals surface area contributed by atoms with E-state index in [0.717, 1.165) is 0 Å². The van der Waals surface area contributed by atoms with E-state index in [-0.39, 0.29) is 23.3 Å². The van der Waals surface area contributed by atoms with Gasteiger partial charge in [0.05, 0.1) is 0 Å². The standard InChI is InChI=1S/C15H20N6O5/c1-15(2,3)26-14(25)19-9-7-20(4)10(16-9)12(22)18-8-6-21(5)11(17-8)13(23)24/h6-7H,1-5H3,(H,18,22)(H,19,25)(H,23,24). The number of hydrogen-bond acceptors (Lipinski definition) is 6. The van der Waals surface area contributed by atoms with E-state index in [2.05, 4.69) is 20.6 Å². The third kappa shape index (κ3) is 4.59. The van der Waals surface area contributed by atoms with Gasteiger partial charge in [-0.3, -0.25) is 10.1 Å². The second-order valence-corrected chi connectivity index (χ2v) is 6.51. The summed E-state index contributed by atoms with van der Waals surface area (Å²) in [7, 11) is 3.07. The van der Waals surface area contributed by atoms with Gasteiger partial charge in [0.2, 0.25) is 11.6 Å². The second kappa shape index (κ2) is 6.86. The molecule has 2 heterocycles. The topological polar surface area (TPSA) is 140 Å². The number of nitrogens with one attached hydrogen (secondary N) is 2. The summed E-state index contributed by atoms with van der Waals surface area (Å²) in [6, 6.07) is 0. The molecule has 140 valence electrons. The molecule has 2 amide bonds. The van der Waals surface area contributed by atoms with Crippen LogP contribution in [0.5, 0.6) is 0 Å². The number of amides is 2. The number of rotatable bonds is 4. The Kier molecular flexibility index (Phi) is 5.00. The molecule has 0 radical (unpaired) electrons. The number of hydrogen-bond donors (Lipinski definition) is 3. The van der Waals surface area contributed by atoms with Crippen LogP contribution in [0.1, 0.15) is 42.0 Å². The molecular formula is C15H20N6O5. The lowest BCUT2D eigenvalue weighted by Gasteiger charge is -2.18. The fourth-order valence-corrected chi connectivity index (χ4v) is 2.04. The Morgan fingerprint density at radius 2 is 1.50 bits per heavy atom. The lowest BCUT2D eigenvalue weighted by Crippen LogP contribution is -2.27. The van der Waals surface area contributed by atoms with Gasteiger partial charge in [-0.05, 0) is 20.8 Å². The molecule has 11 heteroatoms. The number of carboxylic acid groups (broad SMARTS) is 1. The van der Waals surface area contributed by atoms with Crippen molar-refractivity contribution in [3.05, 3.63) is 24.0 Å². The maximum atomic E-state index is 12.3. The zero-order chi connectivity index (χ0) is 19.6. The molecule has 0 unspecified atom stereocenters. The Balaban J connectivity index is 2.10. The van der Waals surface area contributed by atoms with Crippen molar-refractivity contribution in [2.45, 2.75) is 26.4 Å². The summed E-state index contributed by atoms with van der Waals surface area (Å²) in [4.78, 5) is 42.9. The quantitative estimate of drug-likeness (QED) is 0.745. The molecule has 2 rings (SSSR count). The van der Waals surface area contributed by atoms with Gasteiger partial charge < -0.3 is 24.3 Å². The van der Waals surface area contributed by atoms with Crippen molar-refractivity contribution < 1.29 is 24.2 Å². The molecule has 11 nitrogen and oxygen atoms in total. The van der Waals surface area contributed by atoms with Gasteiger partial charge in [-0.15, -0.1) is 0 Å². The molecule has 0 spiro atoms. The summed E-state index contributed by atoms with van der Waals surface area (Å²) in [6.45, 7) is 5.17. The highest BCUT2D eigenvalue weighted by atomic mass is 16.6. The summed E-state index contributed by atoms with van der Waals surface area (Å²) in [5.74, 6) is -1.83. The number of aromatic carboxylic acids is 1. The number of aromatic nitrogens is 4. The number of aryl methyl sites for hydroxylation is 2. The maximum absolute atomic E-state index is 12.3. The summed E-state index contributed by atoms with van der Waals surface area (Å²) in [5, 5.41) is 13.9. The van der Waals surface area contributed by atoms with Crippen molar-refractivity contribution in [2.75, 3.05) is 10.6 Å². The SMILES string of the molecule is Cn1cc(NC(=O)c2nc(NC(=O)OC(C)(C)C)cn2C)nc1C(=O)O. The molecule has 0 aliphatic carbocycles. The molecule has 2 aromatic rings. The normalized spacial score (nSPS) is 11.1. The van der Waals surface area contributed by atoms with Crippen LogP contribution in [0.3, 0.4) is 0 Å². The third-order valence-electron chi connectivity index (χ3n) is 3.02. The Morgan fingerprint density at radius 3 is 2.00 bits per heavy atom. The Morgan fingerprint density at radius 1 is 1.00 bits per heavy atom. The fourth-order valence-electron chi connectivity index (χ4n) is 2.04. The summed E-state index contributed by atoms with van der Waals surface area (Å²) < 4.78 is 7.79. The van der Waals surface area contributed by atoms with Crippen molar-refractivity contribution in [3.63, 3.8) is 0 Å². The average molecular weight is 364 g/mol. The molecule has 0 bridgehead atoms. The van der Waals surface area contributed by atoms with Crippen LogP contribution >= 0.6 is 0 Å². The van der Waals surface area contributed by atoms with Crippen LogP contribution in [0.15, 0.2) is 12.4 Å². The van der Waals surface area contributed by atoms with E-state index in [1.165, 1.54) is 28.6 Å². The monoisotopic (exact) mass is 364 g/mol. The second-order valence-electron chi connectivity index (χ2n) is 6.51. The first kappa shape index (κ1) is 19.0. The van der Waals surface area contributed by atoms with E-state index < -0.39 is 23.6 Å². The minimum Gasteiger partial charge on any atom is -0.475 e. The van der Waals surface area contributed by atoms with Crippen molar-refractivity contribution in [1.82, 2.24) is 19.1 Å². The average Bonchev–Trinajstić information content (AvgIpc) is 2.99. The molecule has 0 saturated heterocycles. The van der Waals surface area contributed by atoms with Crippen molar-refractivity contribution in [3.8, 4) is 0 Å². The Hall–Kier alpha value is -3.37. The number of anilines is 2. The van der Waals surface area contributed by atoms with Gasteiger partial charge in [0.1, 0.15) is 5.60 Å². The van der Waals surface area contributed by atoms with E-state index in [0.29, 0.717) is 0 Å². The Labute approximate surface area is 149 Å². The highest BCUT2D eigenvalue weighted by molar-refractivity contribution is 6.02. The van der Waals surface area contributed by atoms with E-state index in [1.54, 1.807) is 27.8 Å². The van der Waals surface area contributed by atoms with E-state index >= 15 is 0 Å². The predicted octanol–water partition coefficient (Wildman–Crippen LogP) is 1.45. The first-order valence-corrected chi connectivity index (χ1v) is 7.57.